The third kappa shape index (κ3) is 8.68. The average molecular weight is 408 g/mol. The van der Waals surface area contributed by atoms with Crippen LogP contribution in [0.3, 0.4) is 0 Å². The van der Waals surface area contributed by atoms with Gasteiger partial charge in [0.05, 0.1) is 6.54 Å². The molecule has 1 aromatic heterocycles. The lowest BCUT2D eigenvalue weighted by Crippen LogP contribution is -2.40. The van der Waals surface area contributed by atoms with Gasteiger partial charge >= 0.3 is 6.09 Å². The number of ether oxygens (including phenoxy) is 1. The van der Waals surface area contributed by atoms with Gasteiger partial charge in [-0.1, -0.05) is 11.3 Å². The standard InChI is InChI=1S/C12H20N6O6S2/c1-12(2,3)24-10(21)15-6-8(20)14-5-4-7(19)16-9-17-18-11(25-9)26(13,22)23/h4-6H2,1-3H3,(H,14,20)(H,15,21)(H2,13,22,23)(H,16,17,19). The summed E-state index contributed by atoms with van der Waals surface area (Å²) in [5.41, 5.74) is -0.674. The summed E-state index contributed by atoms with van der Waals surface area (Å²) in [6.07, 6.45) is -0.824. The summed E-state index contributed by atoms with van der Waals surface area (Å²) in [6, 6.07) is 0. The monoisotopic (exact) mass is 408 g/mol. The van der Waals surface area contributed by atoms with Gasteiger partial charge in [-0.15, -0.1) is 10.2 Å². The number of nitrogens with one attached hydrogen (secondary N) is 3. The average Bonchev–Trinajstić information content (AvgIpc) is 2.92. The van der Waals surface area contributed by atoms with Crippen molar-refractivity contribution in [1.29, 1.82) is 0 Å². The molecule has 1 heterocycles. The molecule has 3 amide bonds. The Bertz CT molecular complexity index is 769. The molecule has 0 radical (unpaired) electrons. The van der Waals surface area contributed by atoms with E-state index in [1.165, 1.54) is 0 Å². The molecular formula is C12H20N6O6S2. The zero-order chi connectivity index (χ0) is 20.0. The van der Waals surface area contributed by atoms with Gasteiger partial charge in [0.1, 0.15) is 5.60 Å². The fourth-order valence-corrected chi connectivity index (χ4v) is 2.75. The minimum atomic E-state index is -3.98. The van der Waals surface area contributed by atoms with Crippen LogP contribution in [0.5, 0.6) is 0 Å². The van der Waals surface area contributed by atoms with Crippen molar-refractivity contribution in [2.45, 2.75) is 37.1 Å². The summed E-state index contributed by atoms with van der Waals surface area (Å²) in [6.45, 7) is 4.77. The minimum Gasteiger partial charge on any atom is -0.444 e. The molecule has 12 nitrogen and oxygen atoms in total. The molecule has 0 aliphatic heterocycles. The fourth-order valence-electron chi connectivity index (χ4n) is 1.40. The summed E-state index contributed by atoms with van der Waals surface area (Å²) in [7, 11) is -3.98. The topological polar surface area (TPSA) is 182 Å². The lowest BCUT2D eigenvalue weighted by molar-refractivity contribution is -0.120. The van der Waals surface area contributed by atoms with Gasteiger partial charge in [-0.25, -0.2) is 18.4 Å². The van der Waals surface area contributed by atoms with Gasteiger partial charge in [-0.05, 0) is 20.8 Å². The van der Waals surface area contributed by atoms with Crippen molar-refractivity contribution in [3.8, 4) is 0 Å². The third-order valence-corrected chi connectivity index (χ3v) is 4.51. The van der Waals surface area contributed by atoms with E-state index < -0.39 is 37.9 Å². The Morgan fingerprint density at radius 3 is 2.35 bits per heavy atom. The highest BCUT2D eigenvalue weighted by atomic mass is 32.2. The van der Waals surface area contributed by atoms with Crippen molar-refractivity contribution in [3.63, 3.8) is 0 Å². The van der Waals surface area contributed by atoms with Crippen LogP contribution >= 0.6 is 11.3 Å². The number of rotatable bonds is 7. The molecule has 1 rings (SSSR count). The Balaban J connectivity index is 2.28. The maximum absolute atomic E-state index is 11.7. The Morgan fingerprint density at radius 2 is 1.81 bits per heavy atom. The first-order chi connectivity index (χ1) is 11.9. The van der Waals surface area contributed by atoms with Crippen molar-refractivity contribution >= 4 is 44.4 Å². The van der Waals surface area contributed by atoms with Crippen LogP contribution in [0.15, 0.2) is 4.34 Å². The van der Waals surface area contributed by atoms with E-state index in [4.69, 9.17) is 9.88 Å². The summed E-state index contributed by atoms with van der Waals surface area (Å²) in [4.78, 5) is 34.6. The lowest BCUT2D eigenvalue weighted by Gasteiger charge is -2.19. The minimum absolute atomic E-state index is 0.00150. The molecule has 5 N–H and O–H groups in total. The van der Waals surface area contributed by atoms with E-state index >= 15 is 0 Å². The number of nitrogens with zero attached hydrogens (tertiary/aromatic N) is 2. The van der Waals surface area contributed by atoms with Crippen molar-refractivity contribution in [3.05, 3.63) is 0 Å². The Kier molecular flexibility index (Phi) is 7.41. The number of amides is 3. The first-order valence-corrected chi connectivity index (χ1v) is 9.63. The van der Waals surface area contributed by atoms with E-state index in [0.717, 1.165) is 0 Å². The fraction of sp³-hybridized carbons (Fsp3) is 0.583. The van der Waals surface area contributed by atoms with Gasteiger partial charge in [-0.2, -0.15) is 0 Å². The van der Waals surface area contributed by atoms with Crippen LogP contribution in [-0.2, 0) is 24.3 Å². The summed E-state index contributed by atoms with van der Waals surface area (Å²) < 4.78 is 26.6. The predicted molar refractivity (Wildman–Crippen MR) is 91.8 cm³/mol. The van der Waals surface area contributed by atoms with Crippen molar-refractivity contribution in [1.82, 2.24) is 20.8 Å². The Hall–Kier alpha value is -2.32. The zero-order valence-electron chi connectivity index (χ0n) is 14.4. The molecule has 0 unspecified atom stereocenters. The molecule has 0 aliphatic rings. The van der Waals surface area contributed by atoms with E-state index in [9.17, 15) is 22.8 Å². The molecule has 0 spiro atoms. The second-order valence-electron chi connectivity index (χ2n) is 5.92. The molecule has 0 aliphatic carbocycles. The summed E-state index contributed by atoms with van der Waals surface area (Å²) in [5.74, 6) is -1.02. The highest BCUT2D eigenvalue weighted by Gasteiger charge is 2.17. The van der Waals surface area contributed by atoms with E-state index in [2.05, 4.69) is 26.1 Å². The maximum Gasteiger partial charge on any atom is 0.408 e. The van der Waals surface area contributed by atoms with Crippen LogP contribution < -0.4 is 21.1 Å². The number of nitrogens with two attached hydrogens (primary N) is 1. The largest absolute Gasteiger partial charge is 0.444 e. The Labute approximate surface area is 153 Å². The van der Waals surface area contributed by atoms with Crippen LogP contribution in [0.25, 0.3) is 0 Å². The van der Waals surface area contributed by atoms with Gasteiger partial charge < -0.3 is 20.7 Å². The normalized spacial score (nSPS) is 11.5. The molecule has 0 saturated heterocycles. The first-order valence-electron chi connectivity index (χ1n) is 7.26. The molecule has 0 bridgehead atoms. The quantitative estimate of drug-likeness (QED) is 0.421. The van der Waals surface area contributed by atoms with Crippen molar-refractivity contribution in [2.24, 2.45) is 5.14 Å². The second kappa shape index (κ2) is 8.86. The number of alkyl carbamates (subject to hydrolysis) is 1. The number of aromatic nitrogens is 2. The SMILES string of the molecule is CC(C)(C)OC(=O)NCC(=O)NCCC(=O)Nc1nnc(S(N)(=O)=O)s1. The lowest BCUT2D eigenvalue weighted by atomic mass is 10.2. The van der Waals surface area contributed by atoms with E-state index in [1.807, 2.05) is 0 Å². The molecule has 146 valence electrons. The number of primary sulfonamides is 1. The predicted octanol–water partition coefficient (Wildman–Crippen LogP) is -0.845. The molecule has 0 atom stereocenters. The van der Waals surface area contributed by atoms with Crippen molar-refractivity contribution in [2.75, 3.05) is 18.4 Å². The second-order valence-corrected chi connectivity index (χ2v) is 8.63. The molecule has 0 fully saturated rings. The smallest absolute Gasteiger partial charge is 0.408 e. The number of hydrogen-bond acceptors (Lipinski definition) is 9. The van der Waals surface area contributed by atoms with Gasteiger partial charge in [0, 0.05) is 13.0 Å². The van der Waals surface area contributed by atoms with Gasteiger partial charge in [0.15, 0.2) is 0 Å². The number of hydrogen-bond donors (Lipinski definition) is 4. The molecule has 0 saturated carbocycles. The molecule has 1 aromatic rings. The maximum atomic E-state index is 11.7. The third-order valence-electron chi connectivity index (χ3n) is 2.36. The Morgan fingerprint density at radius 1 is 1.15 bits per heavy atom. The molecule has 14 heteroatoms. The van der Waals surface area contributed by atoms with Gasteiger partial charge in [-0.3, -0.25) is 9.59 Å². The first kappa shape index (κ1) is 21.7. The van der Waals surface area contributed by atoms with E-state index in [1.54, 1.807) is 20.8 Å². The van der Waals surface area contributed by atoms with E-state index in [-0.39, 0.29) is 24.6 Å². The van der Waals surface area contributed by atoms with Crippen LogP contribution in [0.1, 0.15) is 27.2 Å². The zero-order valence-corrected chi connectivity index (χ0v) is 16.0. The van der Waals surface area contributed by atoms with Crippen LogP contribution in [0.4, 0.5) is 9.93 Å². The number of sulfonamides is 1. The van der Waals surface area contributed by atoms with Crippen LogP contribution in [0.2, 0.25) is 0 Å². The molecular weight excluding hydrogens is 388 g/mol. The molecule has 0 aromatic carbocycles. The molecule has 26 heavy (non-hydrogen) atoms. The van der Waals surface area contributed by atoms with Gasteiger partial charge in [0.25, 0.3) is 10.0 Å². The van der Waals surface area contributed by atoms with Gasteiger partial charge in [0.2, 0.25) is 21.3 Å². The number of carbonyl (C=O) groups excluding carboxylic acids is 3. The van der Waals surface area contributed by atoms with Crippen molar-refractivity contribution < 1.29 is 27.5 Å². The number of carbonyl (C=O) groups is 3. The van der Waals surface area contributed by atoms with E-state index in [0.29, 0.717) is 11.3 Å². The summed E-state index contributed by atoms with van der Waals surface area (Å²) >= 11 is 0.608. The highest BCUT2D eigenvalue weighted by molar-refractivity contribution is 7.91. The van der Waals surface area contributed by atoms with Crippen LogP contribution in [0, 0.1) is 0 Å². The number of anilines is 1. The summed E-state index contributed by atoms with van der Waals surface area (Å²) in [5, 5.41) is 18.7. The van der Waals surface area contributed by atoms with Crippen LogP contribution in [-0.4, -0.2) is 55.2 Å². The highest BCUT2D eigenvalue weighted by Crippen LogP contribution is 2.18.